The number of ketones is 1. The second-order valence-electron chi connectivity index (χ2n) is 2.89. The van der Waals surface area contributed by atoms with Gasteiger partial charge in [0, 0.05) is 5.92 Å². The van der Waals surface area contributed by atoms with Gasteiger partial charge in [-0.25, -0.2) is 0 Å². The Bertz CT molecular complexity index is 232. The molecule has 1 rings (SSSR count). The molecule has 0 unspecified atom stereocenters. The van der Waals surface area contributed by atoms with Crippen LogP contribution in [0.25, 0.3) is 0 Å². The fourth-order valence-electron chi connectivity index (χ4n) is 1.30. The fraction of sp³-hybridized carbons (Fsp3) is 0.500. The molecular formula is C10H14O2. The zero-order chi connectivity index (χ0) is 8.97. The Kier molecular flexibility index (Phi) is 3.09. The van der Waals surface area contributed by atoms with Crippen LogP contribution < -0.4 is 0 Å². The molecule has 2 nitrogen and oxygen atoms in total. The Morgan fingerprint density at radius 3 is 2.58 bits per heavy atom. The topological polar surface area (TPSA) is 30.2 Å². The van der Waals surface area contributed by atoms with Crippen LogP contribution >= 0.6 is 0 Å². The van der Waals surface area contributed by atoms with Gasteiger partial charge in [-0.3, -0.25) is 4.79 Å². The predicted octanol–water partition coefficient (Wildman–Crippen LogP) is 2.90. The van der Waals surface area contributed by atoms with E-state index in [4.69, 9.17) is 4.42 Å². The second-order valence-corrected chi connectivity index (χ2v) is 2.89. The van der Waals surface area contributed by atoms with Gasteiger partial charge in [0.1, 0.15) is 6.26 Å². The third kappa shape index (κ3) is 1.76. The summed E-state index contributed by atoms with van der Waals surface area (Å²) in [7, 11) is 0. The van der Waals surface area contributed by atoms with Crippen molar-refractivity contribution in [2.75, 3.05) is 0 Å². The molecule has 0 aliphatic heterocycles. The summed E-state index contributed by atoms with van der Waals surface area (Å²) in [5.41, 5.74) is 0.698. The number of furan rings is 1. The summed E-state index contributed by atoms with van der Waals surface area (Å²) in [6.45, 7) is 4.07. The highest BCUT2D eigenvalue weighted by Crippen LogP contribution is 2.15. The molecule has 2 heteroatoms. The minimum absolute atomic E-state index is 0.155. The maximum absolute atomic E-state index is 11.6. The van der Waals surface area contributed by atoms with E-state index in [-0.39, 0.29) is 11.7 Å². The molecule has 0 saturated carbocycles. The fourth-order valence-corrected chi connectivity index (χ4v) is 1.30. The van der Waals surface area contributed by atoms with Crippen molar-refractivity contribution in [3.05, 3.63) is 24.2 Å². The van der Waals surface area contributed by atoms with Gasteiger partial charge in [0.15, 0.2) is 5.78 Å². The summed E-state index contributed by atoms with van der Waals surface area (Å²) in [6, 6.07) is 1.72. The molecule has 0 aliphatic carbocycles. The molecular weight excluding hydrogens is 152 g/mol. The lowest BCUT2D eigenvalue weighted by atomic mass is 9.95. The molecule has 1 aromatic rings. The molecule has 0 amide bonds. The van der Waals surface area contributed by atoms with E-state index in [9.17, 15) is 4.79 Å². The second kappa shape index (κ2) is 4.10. The van der Waals surface area contributed by atoms with Crippen LogP contribution in [0.1, 0.15) is 37.0 Å². The number of Topliss-reactive ketones (excluding diaryl/α,β-unsaturated/α-hetero) is 1. The Morgan fingerprint density at radius 1 is 1.50 bits per heavy atom. The van der Waals surface area contributed by atoms with Gasteiger partial charge in [0.25, 0.3) is 0 Å². The van der Waals surface area contributed by atoms with Crippen molar-refractivity contribution in [1.82, 2.24) is 0 Å². The normalized spacial score (nSPS) is 10.6. The van der Waals surface area contributed by atoms with E-state index in [1.807, 2.05) is 13.8 Å². The van der Waals surface area contributed by atoms with Crippen LogP contribution in [0.5, 0.6) is 0 Å². The van der Waals surface area contributed by atoms with Gasteiger partial charge in [-0.05, 0) is 18.9 Å². The van der Waals surface area contributed by atoms with Gasteiger partial charge in [0.2, 0.25) is 0 Å². The molecule has 1 heterocycles. The molecule has 0 radical (unpaired) electrons. The molecule has 0 spiro atoms. The van der Waals surface area contributed by atoms with Crippen LogP contribution in [0, 0.1) is 5.92 Å². The highest BCUT2D eigenvalue weighted by Gasteiger charge is 2.16. The standard InChI is InChI=1S/C10H14O2/c1-3-8(4-2)10(11)9-5-6-12-7-9/h5-8H,3-4H2,1-2H3. The maximum atomic E-state index is 11.6. The lowest BCUT2D eigenvalue weighted by molar-refractivity contribution is 0.0913. The van der Waals surface area contributed by atoms with E-state index in [0.29, 0.717) is 5.56 Å². The summed E-state index contributed by atoms with van der Waals surface area (Å²) in [6.07, 6.45) is 4.86. The first-order valence-corrected chi connectivity index (χ1v) is 4.36. The first kappa shape index (κ1) is 9.04. The van der Waals surface area contributed by atoms with Crippen LogP contribution in [-0.4, -0.2) is 5.78 Å². The van der Waals surface area contributed by atoms with Crippen LogP contribution in [0.15, 0.2) is 23.0 Å². The summed E-state index contributed by atoms with van der Waals surface area (Å²) >= 11 is 0. The van der Waals surface area contributed by atoms with E-state index in [2.05, 4.69) is 0 Å². The van der Waals surface area contributed by atoms with Crippen LogP contribution in [0.3, 0.4) is 0 Å². The van der Waals surface area contributed by atoms with E-state index in [1.165, 1.54) is 12.5 Å². The SMILES string of the molecule is CCC(CC)C(=O)c1ccoc1. The average Bonchev–Trinajstić information content (AvgIpc) is 2.58. The molecule has 0 aromatic carbocycles. The predicted molar refractivity (Wildman–Crippen MR) is 47.1 cm³/mol. The summed E-state index contributed by atoms with van der Waals surface area (Å²) < 4.78 is 4.85. The highest BCUT2D eigenvalue weighted by molar-refractivity contribution is 5.97. The Morgan fingerprint density at radius 2 is 2.17 bits per heavy atom. The monoisotopic (exact) mass is 166 g/mol. The van der Waals surface area contributed by atoms with Crippen molar-refractivity contribution in [3.63, 3.8) is 0 Å². The first-order valence-electron chi connectivity index (χ1n) is 4.36. The van der Waals surface area contributed by atoms with Crippen molar-refractivity contribution in [2.45, 2.75) is 26.7 Å². The van der Waals surface area contributed by atoms with Crippen molar-refractivity contribution in [1.29, 1.82) is 0 Å². The molecule has 0 atom stereocenters. The van der Waals surface area contributed by atoms with Gasteiger partial charge < -0.3 is 4.42 Å². The largest absolute Gasteiger partial charge is 0.472 e. The summed E-state index contributed by atoms with van der Waals surface area (Å²) in [4.78, 5) is 11.6. The molecule has 0 fully saturated rings. The third-order valence-corrected chi connectivity index (χ3v) is 2.16. The molecule has 0 aliphatic rings. The number of carbonyl (C=O) groups excluding carboxylic acids is 1. The minimum Gasteiger partial charge on any atom is -0.472 e. The Hall–Kier alpha value is -1.05. The van der Waals surface area contributed by atoms with Crippen molar-refractivity contribution in [3.8, 4) is 0 Å². The first-order chi connectivity index (χ1) is 5.79. The molecule has 0 bridgehead atoms. The molecule has 66 valence electrons. The maximum Gasteiger partial charge on any atom is 0.169 e. The summed E-state index contributed by atoms with van der Waals surface area (Å²) in [5, 5.41) is 0. The third-order valence-electron chi connectivity index (χ3n) is 2.16. The number of rotatable bonds is 4. The molecule has 0 N–H and O–H groups in total. The smallest absolute Gasteiger partial charge is 0.169 e. The average molecular weight is 166 g/mol. The van der Waals surface area contributed by atoms with Gasteiger partial charge in [-0.15, -0.1) is 0 Å². The number of carbonyl (C=O) groups is 1. The van der Waals surface area contributed by atoms with Crippen LogP contribution in [-0.2, 0) is 0 Å². The van der Waals surface area contributed by atoms with Gasteiger partial charge in [-0.1, -0.05) is 13.8 Å². The number of hydrogen-bond acceptors (Lipinski definition) is 2. The van der Waals surface area contributed by atoms with E-state index < -0.39 is 0 Å². The zero-order valence-electron chi connectivity index (χ0n) is 7.54. The quantitative estimate of drug-likeness (QED) is 0.644. The van der Waals surface area contributed by atoms with Crippen LogP contribution in [0.2, 0.25) is 0 Å². The molecule has 0 saturated heterocycles. The van der Waals surface area contributed by atoms with Gasteiger partial charge in [-0.2, -0.15) is 0 Å². The Balaban J connectivity index is 2.70. The Labute approximate surface area is 72.6 Å². The zero-order valence-corrected chi connectivity index (χ0v) is 7.54. The van der Waals surface area contributed by atoms with Gasteiger partial charge in [0.05, 0.1) is 11.8 Å². The number of hydrogen-bond donors (Lipinski definition) is 0. The lowest BCUT2D eigenvalue weighted by Crippen LogP contribution is -2.11. The molecule has 12 heavy (non-hydrogen) atoms. The summed E-state index contributed by atoms with van der Waals surface area (Å²) in [5.74, 6) is 0.358. The molecule has 1 aromatic heterocycles. The van der Waals surface area contributed by atoms with Crippen molar-refractivity contribution < 1.29 is 9.21 Å². The van der Waals surface area contributed by atoms with Crippen molar-refractivity contribution >= 4 is 5.78 Å². The van der Waals surface area contributed by atoms with Crippen LogP contribution in [0.4, 0.5) is 0 Å². The van der Waals surface area contributed by atoms with E-state index >= 15 is 0 Å². The lowest BCUT2D eigenvalue weighted by Gasteiger charge is -2.08. The van der Waals surface area contributed by atoms with E-state index in [0.717, 1.165) is 12.8 Å². The van der Waals surface area contributed by atoms with E-state index in [1.54, 1.807) is 6.07 Å². The minimum atomic E-state index is 0.155. The van der Waals surface area contributed by atoms with Crippen molar-refractivity contribution in [2.24, 2.45) is 5.92 Å². The highest BCUT2D eigenvalue weighted by atomic mass is 16.3. The van der Waals surface area contributed by atoms with Gasteiger partial charge >= 0.3 is 0 Å².